The van der Waals surface area contributed by atoms with E-state index in [4.69, 9.17) is 23.2 Å². The van der Waals surface area contributed by atoms with Crippen molar-refractivity contribution in [3.63, 3.8) is 0 Å². The molecular formula is C15H10Cl2OS. The van der Waals surface area contributed by atoms with Gasteiger partial charge in [-0.3, -0.25) is 0 Å². The number of hydrogen-bond acceptors (Lipinski definition) is 2. The molecule has 19 heavy (non-hydrogen) atoms. The van der Waals surface area contributed by atoms with Crippen LogP contribution in [-0.2, 0) is 0 Å². The molecule has 0 aliphatic heterocycles. The number of thiophene rings is 1. The Kier molecular flexibility index (Phi) is 3.50. The van der Waals surface area contributed by atoms with Gasteiger partial charge in [-0.25, -0.2) is 0 Å². The Morgan fingerprint density at radius 1 is 0.947 bits per heavy atom. The maximum atomic E-state index is 10.6. The van der Waals surface area contributed by atoms with Crippen molar-refractivity contribution < 1.29 is 5.11 Å². The van der Waals surface area contributed by atoms with E-state index < -0.39 is 6.10 Å². The Balaban J connectivity index is 2.16. The number of halogens is 2. The van der Waals surface area contributed by atoms with E-state index in [-0.39, 0.29) is 0 Å². The molecule has 1 atom stereocenters. The smallest absolute Gasteiger partial charge is 0.107 e. The van der Waals surface area contributed by atoms with Gasteiger partial charge in [-0.2, -0.15) is 0 Å². The monoisotopic (exact) mass is 308 g/mol. The second-order valence-electron chi connectivity index (χ2n) is 4.23. The van der Waals surface area contributed by atoms with E-state index in [2.05, 4.69) is 0 Å². The van der Waals surface area contributed by atoms with E-state index in [0.717, 1.165) is 15.6 Å². The fraction of sp³-hybridized carbons (Fsp3) is 0.0667. The molecule has 0 saturated carbocycles. The third-order valence-electron chi connectivity index (χ3n) is 3.08. The summed E-state index contributed by atoms with van der Waals surface area (Å²) in [7, 11) is 0. The van der Waals surface area contributed by atoms with Crippen LogP contribution in [0.15, 0.2) is 47.8 Å². The maximum absolute atomic E-state index is 10.6. The summed E-state index contributed by atoms with van der Waals surface area (Å²) in [6, 6.07) is 13.2. The lowest BCUT2D eigenvalue weighted by atomic mass is 10.0. The predicted molar refractivity (Wildman–Crippen MR) is 82.3 cm³/mol. The lowest BCUT2D eigenvalue weighted by molar-refractivity contribution is 0.222. The first-order valence-corrected chi connectivity index (χ1v) is 7.40. The molecular weight excluding hydrogens is 299 g/mol. The summed E-state index contributed by atoms with van der Waals surface area (Å²) < 4.78 is 1.08. The van der Waals surface area contributed by atoms with Gasteiger partial charge in [-0.1, -0.05) is 53.5 Å². The van der Waals surface area contributed by atoms with Crippen LogP contribution in [0.3, 0.4) is 0 Å². The molecule has 3 aromatic rings. The molecule has 1 N–H and O–H groups in total. The molecule has 0 fully saturated rings. The lowest BCUT2D eigenvalue weighted by Crippen LogP contribution is -2.00. The first-order chi connectivity index (χ1) is 9.18. The molecule has 0 saturated heterocycles. The van der Waals surface area contributed by atoms with Gasteiger partial charge >= 0.3 is 0 Å². The van der Waals surface area contributed by atoms with Gasteiger partial charge in [0.2, 0.25) is 0 Å². The minimum absolute atomic E-state index is 0.408. The van der Waals surface area contributed by atoms with Crippen LogP contribution in [0.4, 0.5) is 0 Å². The van der Waals surface area contributed by atoms with Crippen LogP contribution in [0, 0.1) is 0 Å². The molecule has 0 aliphatic rings. The van der Waals surface area contributed by atoms with E-state index in [1.54, 1.807) is 29.5 Å². The summed E-state index contributed by atoms with van der Waals surface area (Å²) in [5.74, 6) is 0. The van der Waals surface area contributed by atoms with E-state index in [1.165, 1.54) is 0 Å². The average Bonchev–Trinajstić information content (AvgIpc) is 2.89. The van der Waals surface area contributed by atoms with Gasteiger partial charge in [0.1, 0.15) is 6.10 Å². The Hall–Kier alpha value is -1.06. The first-order valence-electron chi connectivity index (χ1n) is 5.76. The molecule has 2 aromatic carbocycles. The van der Waals surface area contributed by atoms with Crippen molar-refractivity contribution in [2.75, 3.05) is 0 Å². The van der Waals surface area contributed by atoms with Crippen molar-refractivity contribution in [3.05, 3.63) is 69.0 Å². The molecule has 3 rings (SSSR count). The Bertz CT molecular complexity index is 736. The lowest BCUT2D eigenvalue weighted by Gasteiger charge is -2.14. The standard InChI is InChI=1S/C15H10Cl2OS/c16-12-6-2-4-10(13(12)17)14(18)11-5-1-3-9-7-8-19-15(9)11/h1-8,14,18H. The van der Waals surface area contributed by atoms with Crippen molar-refractivity contribution in [2.45, 2.75) is 6.10 Å². The summed E-state index contributed by atoms with van der Waals surface area (Å²) in [4.78, 5) is 0. The van der Waals surface area contributed by atoms with Crippen molar-refractivity contribution in [2.24, 2.45) is 0 Å². The summed E-state index contributed by atoms with van der Waals surface area (Å²) >= 11 is 13.8. The summed E-state index contributed by atoms with van der Waals surface area (Å²) in [5, 5.41) is 14.6. The van der Waals surface area contributed by atoms with Crippen LogP contribution in [0.1, 0.15) is 17.2 Å². The predicted octanol–water partition coefficient (Wildman–Crippen LogP) is 5.29. The number of benzene rings is 2. The van der Waals surface area contributed by atoms with E-state index in [0.29, 0.717) is 15.6 Å². The normalized spacial score (nSPS) is 12.8. The van der Waals surface area contributed by atoms with Crippen LogP contribution in [0.2, 0.25) is 10.0 Å². The molecule has 0 radical (unpaired) electrons. The van der Waals surface area contributed by atoms with Crippen molar-refractivity contribution >= 4 is 44.6 Å². The molecule has 96 valence electrons. The number of fused-ring (bicyclic) bond motifs is 1. The zero-order valence-corrected chi connectivity index (χ0v) is 12.1. The van der Waals surface area contributed by atoms with Crippen molar-refractivity contribution in [1.29, 1.82) is 0 Å². The topological polar surface area (TPSA) is 20.2 Å². The minimum Gasteiger partial charge on any atom is -0.384 e. The number of aliphatic hydroxyl groups excluding tert-OH is 1. The summed E-state index contributed by atoms with van der Waals surface area (Å²) in [6.45, 7) is 0. The Morgan fingerprint density at radius 3 is 2.53 bits per heavy atom. The number of aliphatic hydroxyl groups is 1. The average molecular weight is 309 g/mol. The molecule has 0 aliphatic carbocycles. The SMILES string of the molecule is OC(c1cccc(Cl)c1Cl)c1cccc2ccsc12. The molecule has 1 aromatic heterocycles. The fourth-order valence-corrected chi connectivity index (χ4v) is 3.48. The van der Waals surface area contributed by atoms with Gasteiger partial charge in [-0.15, -0.1) is 11.3 Å². The molecule has 4 heteroatoms. The third kappa shape index (κ3) is 2.26. The van der Waals surface area contributed by atoms with Crippen LogP contribution < -0.4 is 0 Å². The highest BCUT2D eigenvalue weighted by Crippen LogP contribution is 2.37. The van der Waals surface area contributed by atoms with Gasteiger partial charge in [0, 0.05) is 15.8 Å². The van der Waals surface area contributed by atoms with Crippen LogP contribution >= 0.6 is 34.5 Å². The summed E-state index contributed by atoms with van der Waals surface area (Å²) in [6.07, 6.45) is -0.770. The second-order valence-corrected chi connectivity index (χ2v) is 5.93. The molecule has 0 bridgehead atoms. The molecule has 1 unspecified atom stereocenters. The highest BCUT2D eigenvalue weighted by molar-refractivity contribution is 7.17. The van der Waals surface area contributed by atoms with Gasteiger partial charge < -0.3 is 5.11 Å². The van der Waals surface area contributed by atoms with Gasteiger partial charge in [0.05, 0.1) is 10.0 Å². The van der Waals surface area contributed by atoms with Crippen LogP contribution in [0.5, 0.6) is 0 Å². The number of hydrogen-bond donors (Lipinski definition) is 1. The van der Waals surface area contributed by atoms with Gasteiger partial charge in [-0.05, 0) is 22.9 Å². The minimum atomic E-state index is -0.770. The van der Waals surface area contributed by atoms with E-state index >= 15 is 0 Å². The zero-order valence-electron chi connectivity index (χ0n) is 9.81. The number of rotatable bonds is 2. The van der Waals surface area contributed by atoms with Crippen molar-refractivity contribution in [3.8, 4) is 0 Å². The zero-order chi connectivity index (χ0) is 13.4. The highest BCUT2D eigenvalue weighted by atomic mass is 35.5. The molecule has 1 nitrogen and oxygen atoms in total. The first kappa shape index (κ1) is 12.9. The van der Waals surface area contributed by atoms with Crippen molar-refractivity contribution in [1.82, 2.24) is 0 Å². The highest BCUT2D eigenvalue weighted by Gasteiger charge is 2.18. The Morgan fingerprint density at radius 2 is 1.68 bits per heavy atom. The van der Waals surface area contributed by atoms with Gasteiger partial charge in [0.25, 0.3) is 0 Å². The quantitative estimate of drug-likeness (QED) is 0.682. The van der Waals surface area contributed by atoms with Crippen LogP contribution in [-0.4, -0.2) is 5.11 Å². The molecule has 0 amide bonds. The van der Waals surface area contributed by atoms with Gasteiger partial charge in [0.15, 0.2) is 0 Å². The molecule has 0 spiro atoms. The van der Waals surface area contributed by atoms with E-state index in [9.17, 15) is 5.11 Å². The van der Waals surface area contributed by atoms with E-state index in [1.807, 2.05) is 29.6 Å². The molecule has 1 heterocycles. The van der Waals surface area contributed by atoms with Crippen LogP contribution in [0.25, 0.3) is 10.1 Å². The third-order valence-corrected chi connectivity index (χ3v) is 4.89. The maximum Gasteiger partial charge on any atom is 0.107 e. The fourth-order valence-electron chi connectivity index (χ4n) is 2.13. The Labute approximate surface area is 125 Å². The summed E-state index contributed by atoms with van der Waals surface area (Å²) in [5.41, 5.74) is 1.49. The largest absolute Gasteiger partial charge is 0.384 e. The second kappa shape index (κ2) is 5.14.